The molecule has 98 valence electrons. The highest BCUT2D eigenvalue weighted by molar-refractivity contribution is 5.86. The van der Waals surface area contributed by atoms with Crippen LogP contribution in [0.2, 0.25) is 0 Å². The molecule has 0 spiro atoms. The van der Waals surface area contributed by atoms with Crippen molar-refractivity contribution in [2.24, 2.45) is 22.5 Å². The molecule has 2 rings (SSSR count). The molecule has 0 radical (unpaired) electrons. The van der Waals surface area contributed by atoms with Crippen LogP contribution in [0.5, 0.6) is 0 Å². The van der Waals surface area contributed by atoms with E-state index in [1.165, 1.54) is 0 Å². The first-order valence-corrected chi connectivity index (χ1v) is 6.37. The summed E-state index contributed by atoms with van der Waals surface area (Å²) in [6.45, 7) is 10.7. The normalized spacial score (nSPS) is 34.6. The van der Waals surface area contributed by atoms with Gasteiger partial charge in [0.05, 0.1) is 6.61 Å². The first kappa shape index (κ1) is 12.8. The summed E-state index contributed by atoms with van der Waals surface area (Å²) < 4.78 is 5.20. The molecule has 0 aromatic heterocycles. The van der Waals surface area contributed by atoms with Gasteiger partial charge in [0.25, 0.3) is 0 Å². The third kappa shape index (κ3) is 1.87. The average molecular weight is 240 g/mol. The fourth-order valence-corrected chi connectivity index (χ4v) is 2.97. The van der Waals surface area contributed by atoms with Gasteiger partial charge in [-0.05, 0) is 23.2 Å². The Morgan fingerprint density at radius 3 is 2.35 bits per heavy atom. The van der Waals surface area contributed by atoms with Crippen LogP contribution in [0.25, 0.3) is 0 Å². The molecule has 17 heavy (non-hydrogen) atoms. The Kier molecular flexibility index (Phi) is 2.79. The summed E-state index contributed by atoms with van der Waals surface area (Å²) in [5, 5.41) is 2.99. The minimum absolute atomic E-state index is 0.0616. The molecule has 1 atom stereocenters. The van der Waals surface area contributed by atoms with Gasteiger partial charge in [-0.25, -0.2) is 0 Å². The van der Waals surface area contributed by atoms with Crippen LogP contribution in [0.15, 0.2) is 0 Å². The molecule has 0 aromatic rings. The van der Waals surface area contributed by atoms with E-state index in [0.717, 1.165) is 6.54 Å². The molecule has 1 aliphatic carbocycles. The number of nitrogens with two attached hydrogens (primary N) is 1. The van der Waals surface area contributed by atoms with E-state index in [4.69, 9.17) is 10.5 Å². The largest absolute Gasteiger partial charge is 0.379 e. The second-order valence-electron chi connectivity index (χ2n) is 6.66. The standard InChI is InChI=1S/C13H24N2O2/c1-11(2)9(12(11,3)4)7-15-10(16)13(14)5-6-17-8-13/h9H,5-8,14H2,1-4H3,(H,15,16). The van der Waals surface area contributed by atoms with Crippen molar-refractivity contribution in [3.8, 4) is 0 Å². The molecule has 1 saturated heterocycles. The first-order chi connectivity index (χ1) is 7.72. The van der Waals surface area contributed by atoms with Crippen LogP contribution in [0.1, 0.15) is 34.1 Å². The van der Waals surface area contributed by atoms with Crippen molar-refractivity contribution < 1.29 is 9.53 Å². The molecule has 1 unspecified atom stereocenters. The maximum Gasteiger partial charge on any atom is 0.242 e. The SMILES string of the molecule is CC1(C)C(CNC(=O)C2(N)CCOC2)C1(C)C. The number of carbonyl (C=O) groups excluding carboxylic acids is 1. The van der Waals surface area contributed by atoms with Crippen molar-refractivity contribution in [3.05, 3.63) is 0 Å². The highest BCUT2D eigenvalue weighted by atomic mass is 16.5. The van der Waals surface area contributed by atoms with Crippen LogP contribution in [-0.2, 0) is 9.53 Å². The van der Waals surface area contributed by atoms with Crippen molar-refractivity contribution in [2.45, 2.75) is 39.7 Å². The molecular weight excluding hydrogens is 216 g/mol. The second-order valence-corrected chi connectivity index (χ2v) is 6.66. The topological polar surface area (TPSA) is 64.4 Å². The quantitative estimate of drug-likeness (QED) is 0.770. The van der Waals surface area contributed by atoms with Crippen LogP contribution in [0, 0.1) is 16.7 Å². The summed E-state index contributed by atoms with van der Waals surface area (Å²) in [5.41, 5.74) is 5.80. The van der Waals surface area contributed by atoms with Crippen LogP contribution in [0.4, 0.5) is 0 Å². The summed E-state index contributed by atoms with van der Waals surface area (Å²) >= 11 is 0. The maximum atomic E-state index is 12.0. The number of nitrogens with one attached hydrogen (secondary N) is 1. The Morgan fingerprint density at radius 1 is 1.35 bits per heavy atom. The predicted molar refractivity (Wildman–Crippen MR) is 66.4 cm³/mol. The zero-order chi connectivity index (χ0) is 12.9. The van der Waals surface area contributed by atoms with Crippen LogP contribution in [0.3, 0.4) is 0 Å². The van der Waals surface area contributed by atoms with Crippen LogP contribution in [-0.4, -0.2) is 31.2 Å². The minimum Gasteiger partial charge on any atom is -0.379 e. The fourth-order valence-electron chi connectivity index (χ4n) is 2.97. The van der Waals surface area contributed by atoms with Gasteiger partial charge in [0.15, 0.2) is 0 Å². The van der Waals surface area contributed by atoms with E-state index >= 15 is 0 Å². The summed E-state index contributed by atoms with van der Waals surface area (Å²) in [7, 11) is 0. The van der Waals surface area contributed by atoms with E-state index < -0.39 is 5.54 Å². The van der Waals surface area contributed by atoms with E-state index in [1.807, 2.05) is 0 Å². The molecule has 3 N–H and O–H groups in total. The van der Waals surface area contributed by atoms with E-state index in [-0.39, 0.29) is 5.91 Å². The lowest BCUT2D eigenvalue weighted by Crippen LogP contribution is -2.55. The summed E-state index contributed by atoms with van der Waals surface area (Å²) in [4.78, 5) is 12.0. The number of amides is 1. The van der Waals surface area contributed by atoms with E-state index in [9.17, 15) is 4.79 Å². The molecule has 2 fully saturated rings. The number of hydrogen-bond acceptors (Lipinski definition) is 3. The van der Waals surface area contributed by atoms with Crippen molar-refractivity contribution in [2.75, 3.05) is 19.8 Å². The smallest absolute Gasteiger partial charge is 0.242 e. The van der Waals surface area contributed by atoms with E-state index in [2.05, 4.69) is 33.0 Å². The lowest BCUT2D eigenvalue weighted by Gasteiger charge is -2.20. The van der Waals surface area contributed by atoms with Gasteiger partial charge in [-0.1, -0.05) is 27.7 Å². The summed E-state index contributed by atoms with van der Waals surface area (Å²) in [6, 6.07) is 0. The molecule has 1 heterocycles. The van der Waals surface area contributed by atoms with Crippen molar-refractivity contribution in [1.82, 2.24) is 5.32 Å². The van der Waals surface area contributed by atoms with Crippen LogP contribution >= 0.6 is 0 Å². The zero-order valence-corrected chi connectivity index (χ0v) is 11.3. The van der Waals surface area contributed by atoms with Gasteiger partial charge in [-0.2, -0.15) is 0 Å². The van der Waals surface area contributed by atoms with E-state index in [0.29, 0.717) is 36.4 Å². The maximum absolute atomic E-state index is 12.0. The molecule has 1 amide bonds. The Hall–Kier alpha value is -0.610. The van der Waals surface area contributed by atoms with Gasteiger partial charge in [0, 0.05) is 13.2 Å². The number of carbonyl (C=O) groups is 1. The molecule has 2 aliphatic rings. The molecule has 1 aliphatic heterocycles. The highest BCUT2D eigenvalue weighted by Gasteiger charge is 2.64. The monoisotopic (exact) mass is 240 g/mol. The third-order valence-electron chi connectivity index (χ3n) is 5.29. The summed E-state index contributed by atoms with van der Waals surface area (Å²) in [5.74, 6) is 0.471. The number of hydrogen-bond donors (Lipinski definition) is 2. The third-order valence-corrected chi connectivity index (χ3v) is 5.29. The van der Waals surface area contributed by atoms with Gasteiger partial charge in [-0.3, -0.25) is 4.79 Å². The van der Waals surface area contributed by atoms with Crippen molar-refractivity contribution in [1.29, 1.82) is 0 Å². The van der Waals surface area contributed by atoms with Crippen molar-refractivity contribution >= 4 is 5.91 Å². The molecular formula is C13H24N2O2. The Bertz CT molecular complexity index is 316. The molecule has 1 saturated carbocycles. The van der Waals surface area contributed by atoms with Gasteiger partial charge in [0.2, 0.25) is 5.91 Å². The van der Waals surface area contributed by atoms with E-state index in [1.54, 1.807) is 0 Å². The lowest BCUT2D eigenvalue weighted by atomic mass is 9.99. The number of ether oxygens (including phenoxy) is 1. The van der Waals surface area contributed by atoms with Crippen molar-refractivity contribution in [3.63, 3.8) is 0 Å². The lowest BCUT2D eigenvalue weighted by molar-refractivity contribution is -0.126. The molecule has 0 aromatic carbocycles. The van der Waals surface area contributed by atoms with Gasteiger partial charge >= 0.3 is 0 Å². The van der Waals surface area contributed by atoms with Gasteiger partial charge in [0.1, 0.15) is 5.54 Å². The molecule has 4 nitrogen and oxygen atoms in total. The average Bonchev–Trinajstić information content (AvgIpc) is 2.58. The van der Waals surface area contributed by atoms with Gasteiger partial charge in [-0.15, -0.1) is 0 Å². The molecule has 0 bridgehead atoms. The predicted octanol–water partition coefficient (Wildman–Crippen LogP) is 0.903. The fraction of sp³-hybridized carbons (Fsp3) is 0.923. The second kappa shape index (κ2) is 3.69. The first-order valence-electron chi connectivity index (χ1n) is 6.37. The highest BCUT2D eigenvalue weighted by Crippen LogP contribution is 2.67. The zero-order valence-electron chi connectivity index (χ0n) is 11.3. The Labute approximate surface area is 103 Å². The van der Waals surface area contributed by atoms with Gasteiger partial charge < -0.3 is 15.8 Å². The summed E-state index contributed by atoms with van der Waals surface area (Å²) in [6.07, 6.45) is 0.621. The Morgan fingerprint density at radius 2 is 1.94 bits per heavy atom. The minimum atomic E-state index is -0.802. The molecule has 4 heteroatoms. The Balaban J connectivity index is 1.86. The van der Waals surface area contributed by atoms with Crippen LogP contribution < -0.4 is 11.1 Å². The number of rotatable bonds is 3.